The number of nitrogens with two attached hydrogens (primary N) is 1. The molecular weight excluding hydrogens is 122 g/mol. The van der Waals surface area contributed by atoms with Crippen LogP contribution >= 0.6 is 0 Å². The Kier molecular flexibility index (Phi) is 2.62. The highest BCUT2D eigenvalue weighted by Crippen LogP contribution is 2.11. The van der Waals surface area contributed by atoms with Gasteiger partial charge in [-0.25, -0.2) is 0 Å². The lowest BCUT2D eigenvalue weighted by molar-refractivity contribution is 0.353. The zero-order valence-corrected chi connectivity index (χ0v) is 6.26. The van der Waals surface area contributed by atoms with Gasteiger partial charge < -0.3 is 15.3 Å². The summed E-state index contributed by atoms with van der Waals surface area (Å²) in [6, 6.07) is 0. The maximum Gasteiger partial charge on any atom is 0.333 e. The Hall–Kier alpha value is 0.0969. The molecule has 0 aliphatic heterocycles. The first kappa shape index (κ1) is 8.10. The Morgan fingerprint density at radius 3 is 2.00 bits per heavy atom. The summed E-state index contributed by atoms with van der Waals surface area (Å²) in [4.78, 5) is 17.8. The normalized spacial score (nSPS) is 16.1. The molecule has 1 atom stereocenters. The largest absolute Gasteiger partial charge is 0.411 e. The van der Waals surface area contributed by atoms with Crippen LogP contribution < -0.4 is 5.73 Å². The lowest BCUT2D eigenvalue weighted by atomic mass is 10.5. The van der Waals surface area contributed by atoms with E-state index in [0.29, 0.717) is 6.54 Å². The number of hydrogen-bond donors (Lipinski definition) is 3. The van der Waals surface area contributed by atoms with Crippen molar-refractivity contribution >= 4 is 8.56 Å². The molecule has 0 aliphatic carbocycles. The first-order chi connectivity index (χ1) is 3.48. The monoisotopic (exact) mass is 135 g/mol. The van der Waals surface area contributed by atoms with Crippen LogP contribution in [0.25, 0.3) is 0 Å². The minimum atomic E-state index is -2.89. The summed E-state index contributed by atoms with van der Waals surface area (Å²) < 4.78 is 0. The minimum Gasteiger partial charge on any atom is -0.411 e. The predicted octanol–water partition coefficient (Wildman–Crippen LogP) is -0.608. The van der Waals surface area contributed by atoms with Crippen LogP contribution in [-0.4, -0.2) is 24.7 Å². The van der Waals surface area contributed by atoms with Gasteiger partial charge in [0.15, 0.2) is 0 Å². The van der Waals surface area contributed by atoms with Gasteiger partial charge in [-0.3, -0.25) is 0 Å². The van der Waals surface area contributed by atoms with Gasteiger partial charge in [0.05, 0.1) is 0 Å². The maximum atomic E-state index is 8.90. The Morgan fingerprint density at radius 1 is 1.62 bits per heavy atom. The molecule has 1 unspecified atom stereocenters. The summed E-state index contributed by atoms with van der Waals surface area (Å²) in [6.07, 6.45) is 0. The molecule has 0 heterocycles. The lowest BCUT2D eigenvalue weighted by Gasteiger charge is -2.17. The van der Waals surface area contributed by atoms with Crippen LogP contribution in [0.15, 0.2) is 0 Å². The zero-order chi connectivity index (χ0) is 6.78. The molecule has 0 saturated carbocycles. The molecule has 50 valence electrons. The van der Waals surface area contributed by atoms with Gasteiger partial charge in [-0.2, -0.15) is 0 Å². The van der Waals surface area contributed by atoms with Gasteiger partial charge in [-0.15, -0.1) is 0 Å². The SMILES string of the molecule is CC(CN)[Si](C)(O)O. The van der Waals surface area contributed by atoms with E-state index in [1.165, 1.54) is 6.55 Å². The molecule has 0 aromatic carbocycles. The van der Waals surface area contributed by atoms with Crippen molar-refractivity contribution in [1.29, 1.82) is 0 Å². The molecule has 0 rings (SSSR count). The summed E-state index contributed by atoms with van der Waals surface area (Å²) in [6.45, 7) is 3.56. The molecule has 0 radical (unpaired) electrons. The van der Waals surface area contributed by atoms with Crippen molar-refractivity contribution in [2.75, 3.05) is 6.54 Å². The highest BCUT2D eigenvalue weighted by atomic mass is 28.4. The molecule has 0 amide bonds. The number of rotatable bonds is 2. The van der Waals surface area contributed by atoms with Gasteiger partial charge in [0.1, 0.15) is 0 Å². The van der Waals surface area contributed by atoms with E-state index in [1.807, 2.05) is 0 Å². The zero-order valence-electron chi connectivity index (χ0n) is 5.26. The molecule has 3 nitrogen and oxygen atoms in total. The van der Waals surface area contributed by atoms with Crippen LogP contribution in [0.5, 0.6) is 0 Å². The second-order valence-corrected chi connectivity index (χ2v) is 5.40. The van der Waals surface area contributed by atoms with Crippen LogP contribution in [-0.2, 0) is 0 Å². The molecular formula is C4H13NO2Si. The summed E-state index contributed by atoms with van der Waals surface area (Å²) in [5.74, 6) is 0. The van der Waals surface area contributed by atoms with Gasteiger partial charge in [-0.05, 0) is 13.1 Å². The van der Waals surface area contributed by atoms with Crippen LogP contribution in [0.1, 0.15) is 6.92 Å². The van der Waals surface area contributed by atoms with E-state index >= 15 is 0 Å². The highest BCUT2D eigenvalue weighted by Gasteiger charge is 2.28. The quantitative estimate of drug-likeness (QED) is 0.443. The van der Waals surface area contributed by atoms with Crippen LogP contribution in [0, 0.1) is 0 Å². The summed E-state index contributed by atoms with van der Waals surface area (Å²) in [5.41, 5.74) is 5.05. The molecule has 0 spiro atoms. The first-order valence-electron chi connectivity index (χ1n) is 2.63. The second-order valence-electron chi connectivity index (χ2n) is 2.23. The molecule has 0 fully saturated rings. The van der Waals surface area contributed by atoms with Gasteiger partial charge in [-0.1, -0.05) is 6.92 Å². The van der Waals surface area contributed by atoms with E-state index in [0.717, 1.165) is 0 Å². The van der Waals surface area contributed by atoms with Gasteiger partial charge in [0.25, 0.3) is 0 Å². The highest BCUT2D eigenvalue weighted by molar-refractivity contribution is 6.64. The summed E-state index contributed by atoms with van der Waals surface area (Å²) in [5, 5.41) is 0. The van der Waals surface area contributed by atoms with E-state index in [-0.39, 0.29) is 5.54 Å². The maximum absolute atomic E-state index is 8.90. The van der Waals surface area contributed by atoms with E-state index in [9.17, 15) is 0 Å². The third-order valence-electron chi connectivity index (χ3n) is 1.29. The topological polar surface area (TPSA) is 66.5 Å². The van der Waals surface area contributed by atoms with Crippen molar-refractivity contribution < 1.29 is 9.59 Å². The fourth-order valence-corrected chi connectivity index (χ4v) is 0.670. The third-order valence-corrected chi connectivity index (χ3v) is 3.39. The van der Waals surface area contributed by atoms with E-state index < -0.39 is 8.56 Å². The van der Waals surface area contributed by atoms with Crippen molar-refractivity contribution in [3.8, 4) is 0 Å². The van der Waals surface area contributed by atoms with E-state index in [1.54, 1.807) is 6.92 Å². The van der Waals surface area contributed by atoms with Crippen molar-refractivity contribution in [2.45, 2.75) is 19.0 Å². The Balaban J connectivity index is 3.62. The summed E-state index contributed by atoms with van der Waals surface area (Å²) >= 11 is 0. The molecule has 0 aliphatic rings. The molecule has 0 aromatic rings. The van der Waals surface area contributed by atoms with Gasteiger partial charge in [0.2, 0.25) is 0 Å². The van der Waals surface area contributed by atoms with Gasteiger partial charge in [0, 0.05) is 5.54 Å². The first-order valence-corrected chi connectivity index (χ1v) is 5.10. The average molecular weight is 135 g/mol. The second kappa shape index (κ2) is 2.59. The molecule has 4 N–H and O–H groups in total. The Bertz CT molecular complexity index is 70.9. The van der Waals surface area contributed by atoms with Crippen LogP contribution in [0.2, 0.25) is 12.1 Å². The predicted molar refractivity (Wildman–Crippen MR) is 34.5 cm³/mol. The van der Waals surface area contributed by atoms with Crippen LogP contribution in [0.4, 0.5) is 0 Å². The van der Waals surface area contributed by atoms with E-state index in [4.69, 9.17) is 15.3 Å². The molecule has 0 aromatic heterocycles. The van der Waals surface area contributed by atoms with Crippen molar-refractivity contribution in [1.82, 2.24) is 0 Å². The van der Waals surface area contributed by atoms with Crippen molar-refractivity contribution in [3.63, 3.8) is 0 Å². The fraction of sp³-hybridized carbons (Fsp3) is 1.00. The lowest BCUT2D eigenvalue weighted by Crippen LogP contribution is -2.38. The molecule has 0 bridgehead atoms. The third kappa shape index (κ3) is 2.42. The Labute approximate surface area is 50.4 Å². The smallest absolute Gasteiger partial charge is 0.333 e. The van der Waals surface area contributed by atoms with Gasteiger partial charge >= 0.3 is 8.56 Å². The average Bonchev–Trinajstić information content (AvgIpc) is 1.62. The van der Waals surface area contributed by atoms with Crippen LogP contribution in [0.3, 0.4) is 0 Å². The van der Waals surface area contributed by atoms with Crippen molar-refractivity contribution in [2.24, 2.45) is 5.73 Å². The van der Waals surface area contributed by atoms with E-state index in [2.05, 4.69) is 0 Å². The van der Waals surface area contributed by atoms with Crippen molar-refractivity contribution in [3.05, 3.63) is 0 Å². The standard InChI is InChI=1S/C4H13NO2Si/c1-4(3-5)8(2,6)7/h4,6-7H,3,5H2,1-2H3. The molecule has 8 heavy (non-hydrogen) atoms. The summed E-state index contributed by atoms with van der Waals surface area (Å²) in [7, 11) is -2.89. The molecule has 0 saturated heterocycles. The minimum absolute atomic E-state index is 0.123. The Morgan fingerprint density at radius 2 is 2.00 bits per heavy atom. The fourth-order valence-electron chi connectivity index (χ4n) is 0.223. The number of hydrogen-bond acceptors (Lipinski definition) is 3. The molecule has 4 heteroatoms.